The lowest BCUT2D eigenvalue weighted by Crippen LogP contribution is -2.08. The molecule has 1 N–H and O–H groups in total. The van der Waals surface area contributed by atoms with E-state index in [9.17, 15) is 0 Å². The van der Waals surface area contributed by atoms with Crippen LogP contribution in [0, 0.1) is 0 Å². The Labute approximate surface area is 118 Å². The quantitative estimate of drug-likeness (QED) is 0.926. The summed E-state index contributed by atoms with van der Waals surface area (Å²) >= 11 is 0. The Balaban J connectivity index is 1.83. The van der Waals surface area contributed by atoms with E-state index in [1.54, 1.807) is 7.11 Å². The predicted octanol–water partition coefficient (Wildman–Crippen LogP) is 3.08. The minimum Gasteiger partial charge on any atom is -0.493 e. The van der Waals surface area contributed by atoms with E-state index >= 15 is 0 Å². The Morgan fingerprint density at radius 2 is 2.00 bits per heavy atom. The Hall–Kier alpha value is -2.49. The Morgan fingerprint density at radius 1 is 1.15 bits per heavy atom. The van der Waals surface area contributed by atoms with E-state index in [1.807, 2.05) is 48.7 Å². The average Bonchev–Trinajstić information content (AvgIpc) is 2.53. The van der Waals surface area contributed by atoms with Crippen LogP contribution >= 0.6 is 0 Å². The SMILES string of the molecule is COc1cc2c(cc1OCc1ccccc1)NCN=C2. The van der Waals surface area contributed by atoms with Crippen LogP contribution in [-0.4, -0.2) is 20.0 Å². The number of anilines is 1. The zero-order valence-corrected chi connectivity index (χ0v) is 11.3. The van der Waals surface area contributed by atoms with Gasteiger partial charge in [0, 0.05) is 23.5 Å². The lowest BCUT2D eigenvalue weighted by Gasteiger charge is -2.17. The van der Waals surface area contributed by atoms with Crippen molar-refractivity contribution >= 4 is 11.9 Å². The van der Waals surface area contributed by atoms with Crippen LogP contribution in [0.15, 0.2) is 47.5 Å². The summed E-state index contributed by atoms with van der Waals surface area (Å²) in [5.41, 5.74) is 3.16. The maximum Gasteiger partial charge on any atom is 0.163 e. The van der Waals surface area contributed by atoms with Crippen molar-refractivity contribution in [1.29, 1.82) is 0 Å². The summed E-state index contributed by atoms with van der Waals surface area (Å²) in [7, 11) is 1.64. The first-order valence-electron chi connectivity index (χ1n) is 6.49. The van der Waals surface area contributed by atoms with Gasteiger partial charge < -0.3 is 14.8 Å². The second kappa shape index (κ2) is 5.65. The Kier molecular flexibility index (Phi) is 3.54. The summed E-state index contributed by atoms with van der Waals surface area (Å²) in [4.78, 5) is 4.18. The van der Waals surface area contributed by atoms with Gasteiger partial charge in [0.05, 0.1) is 7.11 Å². The van der Waals surface area contributed by atoms with Gasteiger partial charge in [-0.2, -0.15) is 0 Å². The highest BCUT2D eigenvalue weighted by Crippen LogP contribution is 2.34. The van der Waals surface area contributed by atoms with Gasteiger partial charge in [-0.15, -0.1) is 0 Å². The van der Waals surface area contributed by atoms with Crippen molar-refractivity contribution in [1.82, 2.24) is 0 Å². The molecule has 0 bridgehead atoms. The molecule has 0 aromatic heterocycles. The van der Waals surface area contributed by atoms with Gasteiger partial charge in [0.2, 0.25) is 0 Å². The molecule has 0 fully saturated rings. The molecular formula is C16H16N2O2. The first-order valence-corrected chi connectivity index (χ1v) is 6.49. The highest BCUT2D eigenvalue weighted by atomic mass is 16.5. The van der Waals surface area contributed by atoms with Crippen LogP contribution in [0.5, 0.6) is 11.5 Å². The highest BCUT2D eigenvalue weighted by Gasteiger charge is 2.12. The minimum absolute atomic E-state index is 0.518. The van der Waals surface area contributed by atoms with Crippen LogP contribution in [0.2, 0.25) is 0 Å². The van der Waals surface area contributed by atoms with Crippen molar-refractivity contribution in [2.75, 3.05) is 19.1 Å². The molecule has 0 radical (unpaired) electrons. The molecule has 0 saturated heterocycles. The molecular weight excluding hydrogens is 252 g/mol. The summed E-state index contributed by atoms with van der Waals surface area (Å²) in [5, 5.41) is 3.22. The van der Waals surface area contributed by atoms with E-state index in [2.05, 4.69) is 10.3 Å². The van der Waals surface area contributed by atoms with Gasteiger partial charge >= 0.3 is 0 Å². The fourth-order valence-electron chi connectivity index (χ4n) is 2.12. The highest BCUT2D eigenvalue weighted by molar-refractivity contribution is 5.90. The third-order valence-corrected chi connectivity index (χ3v) is 3.16. The van der Waals surface area contributed by atoms with Gasteiger partial charge in [0.15, 0.2) is 11.5 Å². The van der Waals surface area contributed by atoms with Gasteiger partial charge in [-0.25, -0.2) is 0 Å². The van der Waals surface area contributed by atoms with Crippen molar-refractivity contribution in [3.8, 4) is 11.5 Å². The summed E-state index contributed by atoms with van der Waals surface area (Å²) < 4.78 is 11.3. The molecule has 1 aliphatic rings. The largest absolute Gasteiger partial charge is 0.493 e. The van der Waals surface area contributed by atoms with Gasteiger partial charge in [-0.3, -0.25) is 4.99 Å². The first-order chi connectivity index (χ1) is 9.86. The second-order valence-corrected chi connectivity index (χ2v) is 4.51. The number of methoxy groups -OCH3 is 1. The lowest BCUT2D eigenvalue weighted by molar-refractivity contribution is 0.284. The second-order valence-electron chi connectivity index (χ2n) is 4.51. The van der Waals surface area contributed by atoms with Crippen LogP contribution in [-0.2, 0) is 6.61 Å². The predicted molar refractivity (Wildman–Crippen MR) is 79.9 cm³/mol. The molecule has 0 unspecified atom stereocenters. The number of rotatable bonds is 4. The maximum absolute atomic E-state index is 5.87. The molecule has 3 rings (SSSR count). The number of aliphatic imine (C=N–C) groups is 1. The summed E-state index contributed by atoms with van der Waals surface area (Å²) in [6.07, 6.45) is 1.84. The number of hydrogen-bond donors (Lipinski definition) is 1. The van der Waals surface area contributed by atoms with Crippen LogP contribution in [0.1, 0.15) is 11.1 Å². The molecule has 0 spiro atoms. The zero-order valence-electron chi connectivity index (χ0n) is 11.3. The van der Waals surface area contributed by atoms with Crippen LogP contribution in [0.4, 0.5) is 5.69 Å². The van der Waals surface area contributed by atoms with Crippen molar-refractivity contribution in [3.05, 3.63) is 53.6 Å². The van der Waals surface area contributed by atoms with E-state index in [0.717, 1.165) is 28.3 Å². The summed E-state index contributed by atoms with van der Waals surface area (Å²) in [6.45, 7) is 1.11. The van der Waals surface area contributed by atoms with Crippen LogP contribution < -0.4 is 14.8 Å². The number of benzene rings is 2. The minimum atomic E-state index is 0.518. The fraction of sp³-hybridized carbons (Fsp3) is 0.188. The number of fused-ring (bicyclic) bond motifs is 1. The van der Waals surface area contributed by atoms with Crippen molar-refractivity contribution in [2.45, 2.75) is 6.61 Å². The Bertz CT molecular complexity index is 624. The molecule has 0 saturated carbocycles. The van der Waals surface area contributed by atoms with E-state index in [-0.39, 0.29) is 0 Å². The monoisotopic (exact) mass is 268 g/mol. The van der Waals surface area contributed by atoms with Gasteiger partial charge in [0.1, 0.15) is 13.3 Å². The van der Waals surface area contributed by atoms with E-state index in [1.165, 1.54) is 0 Å². The molecule has 4 heteroatoms. The first kappa shape index (κ1) is 12.5. The average molecular weight is 268 g/mol. The van der Waals surface area contributed by atoms with E-state index in [0.29, 0.717) is 13.3 Å². The molecule has 0 atom stereocenters. The molecule has 2 aromatic rings. The third-order valence-electron chi connectivity index (χ3n) is 3.16. The summed E-state index contributed by atoms with van der Waals surface area (Å²) in [6, 6.07) is 14.0. The van der Waals surface area contributed by atoms with Crippen molar-refractivity contribution in [2.24, 2.45) is 4.99 Å². The molecule has 4 nitrogen and oxygen atoms in total. The fourth-order valence-corrected chi connectivity index (χ4v) is 2.12. The van der Waals surface area contributed by atoms with Crippen molar-refractivity contribution < 1.29 is 9.47 Å². The van der Waals surface area contributed by atoms with Crippen molar-refractivity contribution in [3.63, 3.8) is 0 Å². The smallest absolute Gasteiger partial charge is 0.163 e. The van der Waals surface area contributed by atoms with Gasteiger partial charge in [-0.1, -0.05) is 30.3 Å². The maximum atomic E-state index is 5.87. The molecule has 1 heterocycles. The van der Waals surface area contributed by atoms with Crippen LogP contribution in [0.3, 0.4) is 0 Å². The Morgan fingerprint density at radius 3 is 2.80 bits per heavy atom. The van der Waals surface area contributed by atoms with Crippen LogP contribution in [0.25, 0.3) is 0 Å². The molecule has 2 aromatic carbocycles. The van der Waals surface area contributed by atoms with Gasteiger partial charge in [0.25, 0.3) is 0 Å². The lowest BCUT2D eigenvalue weighted by atomic mass is 10.1. The van der Waals surface area contributed by atoms with E-state index in [4.69, 9.17) is 9.47 Å². The molecule has 0 aliphatic carbocycles. The molecule has 1 aliphatic heterocycles. The molecule has 102 valence electrons. The number of nitrogens with one attached hydrogen (secondary N) is 1. The normalized spacial score (nSPS) is 12.4. The third kappa shape index (κ3) is 2.59. The topological polar surface area (TPSA) is 42.9 Å². The standard InChI is InChI=1S/C16H16N2O2/c1-19-15-7-13-9-17-11-18-14(13)8-16(15)20-10-12-5-3-2-4-6-12/h2-9,18H,10-11H2,1H3. The van der Waals surface area contributed by atoms with E-state index < -0.39 is 0 Å². The number of nitrogens with zero attached hydrogens (tertiary/aromatic N) is 1. The number of hydrogen-bond acceptors (Lipinski definition) is 4. The van der Waals surface area contributed by atoms with Gasteiger partial charge in [-0.05, 0) is 11.6 Å². The number of ether oxygens (including phenoxy) is 2. The molecule has 0 amide bonds. The molecule has 20 heavy (non-hydrogen) atoms. The summed E-state index contributed by atoms with van der Waals surface area (Å²) in [5.74, 6) is 1.45. The zero-order chi connectivity index (χ0) is 13.8.